The van der Waals surface area contributed by atoms with E-state index in [1.165, 1.54) is 12.8 Å². The average molecular weight is 308 g/mol. The van der Waals surface area contributed by atoms with Crippen molar-refractivity contribution in [2.45, 2.75) is 25.4 Å². The van der Waals surface area contributed by atoms with Gasteiger partial charge in [0.15, 0.2) is 5.96 Å². The van der Waals surface area contributed by atoms with Crippen LogP contribution in [0.3, 0.4) is 0 Å². The molecule has 0 amide bonds. The predicted molar refractivity (Wildman–Crippen MR) is 87.9 cm³/mol. The minimum Gasteiger partial charge on any atom is -0.383 e. The molecule has 0 atom stereocenters. The summed E-state index contributed by atoms with van der Waals surface area (Å²) in [6.07, 6.45) is 4.44. The number of methoxy groups -OCH3 is 1. The van der Waals surface area contributed by atoms with Crippen LogP contribution in [0.1, 0.15) is 18.5 Å². The fraction of sp³-hybridized carbons (Fsp3) is 0.733. The molecule has 1 fully saturated rings. The average Bonchev–Trinajstić information content (AvgIpc) is 3.29. The van der Waals surface area contributed by atoms with Crippen LogP contribution in [-0.4, -0.2) is 67.1 Å². The molecule has 2 N–H and O–H groups in total. The number of hydrogen-bond acceptors (Lipinski definition) is 4. The van der Waals surface area contributed by atoms with E-state index < -0.39 is 0 Å². The second-order valence-electron chi connectivity index (χ2n) is 5.56. The Morgan fingerprint density at radius 1 is 1.45 bits per heavy atom. The molecule has 0 aromatic carbocycles. The van der Waals surface area contributed by atoms with E-state index in [2.05, 4.69) is 25.6 Å². The summed E-state index contributed by atoms with van der Waals surface area (Å²) in [5.41, 5.74) is 1.13. The summed E-state index contributed by atoms with van der Waals surface area (Å²) in [5.74, 6) is 0.823. The third-order valence-corrected chi connectivity index (χ3v) is 3.92. The minimum absolute atomic E-state index is 0.714. The molecule has 2 rings (SSSR count). The van der Waals surface area contributed by atoms with Crippen LogP contribution in [0, 0.1) is 0 Å². The number of guanidine groups is 1. The molecule has 0 spiro atoms. The number of aromatic nitrogens is 2. The second kappa shape index (κ2) is 8.75. The Labute approximate surface area is 132 Å². The first-order valence-electron chi connectivity index (χ1n) is 7.89. The molecule has 7 nitrogen and oxygen atoms in total. The normalized spacial score (nSPS) is 15.4. The molecule has 0 bridgehead atoms. The number of nitrogens with zero attached hydrogens (tertiary/aromatic N) is 4. The molecule has 1 aliphatic carbocycles. The Morgan fingerprint density at radius 3 is 2.86 bits per heavy atom. The second-order valence-corrected chi connectivity index (χ2v) is 5.56. The van der Waals surface area contributed by atoms with Gasteiger partial charge < -0.3 is 15.4 Å². The van der Waals surface area contributed by atoms with Crippen molar-refractivity contribution in [1.82, 2.24) is 25.3 Å². The van der Waals surface area contributed by atoms with Crippen LogP contribution in [0.4, 0.5) is 0 Å². The van der Waals surface area contributed by atoms with Gasteiger partial charge in [0, 0.05) is 53.1 Å². The lowest BCUT2D eigenvalue weighted by molar-refractivity contribution is 0.144. The fourth-order valence-corrected chi connectivity index (χ4v) is 2.41. The smallest absolute Gasteiger partial charge is 0.191 e. The van der Waals surface area contributed by atoms with Gasteiger partial charge in [0.1, 0.15) is 0 Å². The lowest BCUT2D eigenvalue weighted by atomic mass is 10.4. The van der Waals surface area contributed by atoms with Gasteiger partial charge in [-0.15, -0.1) is 0 Å². The van der Waals surface area contributed by atoms with Crippen molar-refractivity contribution < 1.29 is 4.74 Å². The largest absolute Gasteiger partial charge is 0.383 e. The fourth-order valence-electron chi connectivity index (χ4n) is 2.41. The van der Waals surface area contributed by atoms with E-state index >= 15 is 0 Å². The van der Waals surface area contributed by atoms with Crippen LogP contribution in [0.2, 0.25) is 0 Å². The van der Waals surface area contributed by atoms with Crippen molar-refractivity contribution in [3.05, 3.63) is 18.0 Å². The number of aryl methyl sites for hydroxylation is 1. The summed E-state index contributed by atoms with van der Waals surface area (Å²) in [7, 11) is 5.49. The summed E-state index contributed by atoms with van der Waals surface area (Å²) in [5, 5.41) is 10.8. The molecule has 1 aromatic heterocycles. The number of aliphatic imine (C=N–C) groups is 1. The first-order chi connectivity index (χ1) is 10.7. The highest BCUT2D eigenvalue weighted by molar-refractivity contribution is 5.79. The molecular formula is C15H28N6O. The molecule has 1 aliphatic rings. The minimum atomic E-state index is 0.714. The topological polar surface area (TPSA) is 66.7 Å². The van der Waals surface area contributed by atoms with Crippen molar-refractivity contribution in [3.63, 3.8) is 0 Å². The van der Waals surface area contributed by atoms with Crippen LogP contribution in [0.5, 0.6) is 0 Å². The van der Waals surface area contributed by atoms with Crippen LogP contribution < -0.4 is 10.6 Å². The van der Waals surface area contributed by atoms with E-state index in [1.54, 1.807) is 20.4 Å². The summed E-state index contributed by atoms with van der Waals surface area (Å²) in [4.78, 5) is 6.75. The molecule has 22 heavy (non-hydrogen) atoms. The maximum Gasteiger partial charge on any atom is 0.191 e. The lowest BCUT2D eigenvalue weighted by Crippen LogP contribution is -2.42. The maximum absolute atomic E-state index is 5.18. The quantitative estimate of drug-likeness (QED) is 0.504. The van der Waals surface area contributed by atoms with Crippen molar-refractivity contribution >= 4 is 5.96 Å². The molecule has 0 unspecified atom stereocenters. The molecule has 124 valence electrons. The van der Waals surface area contributed by atoms with E-state index in [4.69, 9.17) is 4.74 Å². The van der Waals surface area contributed by atoms with Gasteiger partial charge >= 0.3 is 0 Å². The van der Waals surface area contributed by atoms with Crippen LogP contribution >= 0.6 is 0 Å². The van der Waals surface area contributed by atoms with Crippen LogP contribution in [0.25, 0.3) is 0 Å². The number of hydrogen-bond donors (Lipinski definition) is 2. The number of nitrogens with one attached hydrogen (secondary N) is 2. The van der Waals surface area contributed by atoms with Gasteiger partial charge in [0.25, 0.3) is 0 Å². The molecular weight excluding hydrogens is 280 g/mol. The zero-order valence-electron chi connectivity index (χ0n) is 13.9. The Kier molecular flexibility index (Phi) is 6.67. The number of rotatable bonds is 9. The van der Waals surface area contributed by atoms with Gasteiger partial charge in [-0.3, -0.25) is 14.6 Å². The van der Waals surface area contributed by atoms with E-state index in [9.17, 15) is 0 Å². The Morgan fingerprint density at radius 2 is 2.27 bits per heavy atom. The van der Waals surface area contributed by atoms with Gasteiger partial charge in [0.05, 0.1) is 18.8 Å². The van der Waals surface area contributed by atoms with E-state index in [0.29, 0.717) is 6.54 Å². The van der Waals surface area contributed by atoms with Gasteiger partial charge in [0.2, 0.25) is 0 Å². The van der Waals surface area contributed by atoms with Gasteiger partial charge in [-0.2, -0.15) is 5.10 Å². The summed E-state index contributed by atoms with van der Waals surface area (Å²) >= 11 is 0. The maximum atomic E-state index is 5.18. The van der Waals surface area contributed by atoms with Crippen molar-refractivity contribution in [1.29, 1.82) is 0 Å². The molecule has 0 radical (unpaired) electrons. The molecule has 1 aromatic rings. The summed E-state index contributed by atoms with van der Waals surface area (Å²) in [6, 6.07) is 2.75. The third kappa shape index (κ3) is 5.31. The van der Waals surface area contributed by atoms with Crippen molar-refractivity contribution in [2.75, 3.05) is 40.4 Å². The molecule has 1 heterocycles. The van der Waals surface area contributed by atoms with Gasteiger partial charge in [-0.1, -0.05) is 0 Å². The molecule has 0 saturated heterocycles. The molecule has 0 aliphatic heterocycles. The molecule has 7 heteroatoms. The highest BCUT2D eigenvalue weighted by Crippen LogP contribution is 2.25. The zero-order valence-corrected chi connectivity index (χ0v) is 13.9. The highest BCUT2D eigenvalue weighted by Gasteiger charge is 2.28. The summed E-state index contributed by atoms with van der Waals surface area (Å²) in [6.45, 7) is 4.41. The first kappa shape index (κ1) is 16.8. The Hall–Kier alpha value is -1.60. The van der Waals surface area contributed by atoms with E-state index in [1.807, 2.05) is 17.8 Å². The monoisotopic (exact) mass is 308 g/mol. The Balaban J connectivity index is 1.68. The van der Waals surface area contributed by atoms with E-state index in [-0.39, 0.29) is 0 Å². The molecule has 1 saturated carbocycles. The van der Waals surface area contributed by atoms with Crippen molar-refractivity contribution in [2.24, 2.45) is 12.0 Å². The zero-order chi connectivity index (χ0) is 15.8. The van der Waals surface area contributed by atoms with Crippen LogP contribution in [0.15, 0.2) is 17.3 Å². The van der Waals surface area contributed by atoms with Crippen LogP contribution in [-0.2, 0) is 18.3 Å². The predicted octanol–water partition coefficient (Wildman–Crippen LogP) is 0.196. The standard InChI is InChI=1S/C15H28N6O/c1-16-15(18-12-14-6-7-19-20(14)2)17-8-9-21(10-11-22-3)13-4-5-13/h6-7,13H,4-5,8-12H2,1-3H3,(H2,16,17,18). The third-order valence-electron chi connectivity index (χ3n) is 3.92. The Bertz CT molecular complexity index is 468. The summed E-state index contributed by atoms with van der Waals surface area (Å²) < 4.78 is 7.04. The SMILES string of the molecule is CN=C(NCCN(CCOC)C1CC1)NCc1ccnn1C. The number of ether oxygens (including phenoxy) is 1. The first-order valence-corrected chi connectivity index (χ1v) is 7.89. The van der Waals surface area contributed by atoms with E-state index in [0.717, 1.165) is 43.9 Å². The van der Waals surface area contributed by atoms with Crippen molar-refractivity contribution in [3.8, 4) is 0 Å². The van der Waals surface area contributed by atoms with Gasteiger partial charge in [-0.05, 0) is 18.9 Å². The highest BCUT2D eigenvalue weighted by atomic mass is 16.5. The lowest BCUT2D eigenvalue weighted by Gasteiger charge is -2.22. The van der Waals surface area contributed by atoms with Gasteiger partial charge in [-0.25, -0.2) is 0 Å².